The molecule has 0 spiro atoms. The highest BCUT2D eigenvalue weighted by atomic mass is 15.0. The summed E-state index contributed by atoms with van der Waals surface area (Å²) in [6, 6.07) is 15.3. The summed E-state index contributed by atoms with van der Waals surface area (Å²) in [5, 5.41) is 7.27. The van der Waals surface area contributed by atoms with Crippen LogP contribution in [0.2, 0.25) is 0 Å². The molecule has 6 heteroatoms. The van der Waals surface area contributed by atoms with Crippen molar-refractivity contribution in [3.8, 4) is 0 Å². The van der Waals surface area contributed by atoms with E-state index in [1.54, 1.807) is 19.5 Å². The molecule has 1 heterocycles. The van der Waals surface area contributed by atoms with Gasteiger partial charge in [0.1, 0.15) is 0 Å². The summed E-state index contributed by atoms with van der Waals surface area (Å²) < 4.78 is 0. The molecule has 6 nitrogen and oxygen atoms in total. The number of anilines is 1. The van der Waals surface area contributed by atoms with Crippen molar-refractivity contribution in [2.24, 2.45) is 16.5 Å². The molecule has 2 aromatic carbocycles. The molecule has 2 aromatic rings. The van der Waals surface area contributed by atoms with Gasteiger partial charge in [0.05, 0.1) is 11.7 Å². The molecule has 0 saturated carbocycles. The minimum Gasteiger partial charge on any atom is -0.404 e. The highest BCUT2D eigenvalue weighted by Gasteiger charge is 2.23. The lowest BCUT2D eigenvalue weighted by molar-refractivity contribution is 0.413. The summed E-state index contributed by atoms with van der Waals surface area (Å²) in [4.78, 5) is 6.35. The van der Waals surface area contributed by atoms with E-state index in [1.807, 2.05) is 6.92 Å². The zero-order valence-electron chi connectivity index (χ0n) is 19.7. The van der Waals surface area contributed by atoms with Crippen molar-refractivity contribution >= 4 is 23.2 Å². The van der Waals surface area contributed by atoms with Crippen LogP contribution in [-0.4, -0.2) is 45.3 Å². The second kappa shape index (κ2) is 10.9. The third-order valence-electron chi connectivity index (χ3n) is 5.75. The lowest BCUT2D eigenvalue weighted by Crippen LogP contribution is -2.17. The van der Waals surface area contributed by atoms with Gasteiger partial charge in [-0.1, -0.05) is 24.3 Å². The van der Waals surface area contributed by atoms with Crippen molar-refractivity contribution in [3.05, 3.63) is 76.6 Å². The lowest BCUT2D eigenvalue weighted by Gasteiger charge is -2.22. The van der Waals surface area contributed by atoms with E-state index in [0.29, 0.717) is 0 Å². The maximum Gasteiger partial charge on any atom is 0.0605 e. The fourth-order valence-electron chi connectivity index (χ4n) is 4.03. The Morgan fingerprint density at radius 1 is 1.22 bits per heavy atom. The number of benzene rings is 2. The van der Waals surface area contributed by atoms with Gasteiger partial charge in [0.25, 0.3) is 0 Å². The van der Waals surface area contributed by atoms with Gasteiger partial charge in [-0.3, -0.25) is 4.99 Å². The fourth-order valence-corrected chi connectivity index (χ4v) is 4.03. The first-order chi connectivity index (χ1) is 15.4. The van der Waals surface area contributed by atoms with Gasteiger partial charge in [0, 0.05) is 55.1 Å². The average molecular weight is 433 g/mol. The molecule has 0 aliphatic carbocycles. The number of fused-ring (bicyclic) bond motifs is 1. The second-order valence-corrected chi connectivity index (χ2v) is 8.53. The Morgan fingerprint density at radius 2 is 1.97 bits per heavy atom. The van der Waals surface area contributed by atoms with E-state index < -0.39 is 0 Å². The van der Waals surface area contributed by atoms with Crippen molar-refractivity contribution < 1.29 is 0 Å². The van der Waals surface area contributed by atoms with Crippen LogP contribution in [0.15, 0.2) is 59.4 Å². The molecule has 0 fully saturated rings. The summed E-state index contributed by atoms with van der Waals surface area (Å²) in [6.45, 7) is 3.82. The number of allylic oxidation sites excluding steroid dienone is 2. The van der Waals surface area contributed by atoms with Gasteiger partial charge in [-0.05, 0) is 68.8 Å². The summed E-state index contributed by atoms with van der Waals surface area (Å²) in [5.41, 5.74) is 20.6. The number of hydrogen-bond donors (Lipinski definition) is 4. The molecule has 0 bridgehead atoms. The third kappa shape index (κ3) is 5.71. The van der Waals surface area contributed by atoms with Gasteiger partial charge >= 0.3 is 0 Å². The average Bonchev–Trinajstić information content (AvgIpc) is 2.96. The van der Waals surface area contributed by atoms with Crippen LogP contribution < -0.4 is 22.1 Å². The van der Waals surface area contributed by atoms with E-state index in [4.69, 9.17) is 11.5 Å². The number of rotatable bonds is 7. The Labute approximate surface area is 192 Å². The molecule has 1 aliphatic heterocycles. The number of nitrogens with one attached hydrogen (secondary N) is 2. The topological polar surface area (TPSA) is 91.7 Å². The van der Waals surface area contributed by atoms with Crippen LogP contribution in [0, 0.1) is 0 Å². The summed E-state index contributed by atoms with van der Waals surface area (Å²) in [6.07, 6.45) is 5.36. The molecule has 0 aromatic heterocycles. The molecule has 0 saturated heterocycles. The van der Waals surface area contributed by atoms with Crippen LogP contribution in [0.5, 0.6) is 0 Å². The van der Waals surface area contributed by atoms with E-state index in [1.165, 1.54) is 11.1 Å². The molecular formula is C26H36N6. The molecular weight excluding hydrogens is 396 g/mol. The molecule has 170 valence electrons. The monoisotopic (exact) mass is 432 g/mol. The van der Waals surface area contributed by atoms with E-state index in [0.717, 1.165) is 59.7 Å². The maximum atomic E-state index is 6.23. The van der Waals surface area contributed by atoms with Crippen LogP contribution in [0.4, 0.5) is 5.69 Å². The predicted octanol–water partition coefficient (Wildman–Crippen LogP) is 3.58. The van der Waals surface area contributed by atoms with E-state index in [2.05, 4.69) is 77.1 Å². The van der Waals surface area contributed by atoms with Crippen LogP contribution in [0.1, 0.15) is 41.6 Å². The largest absolute Gasteiger partial charge is 0.404 e. The fraction of sp³-hybridized carbons (Fsp3) is 0.346. The first-order valence-corrected chi connectivity index (χ1v) is 11.1. The quantitative estimate of drug-likeness (QED) is 0.502. The summed E-state index contributed by atoms with van der Waals surface area (Å²) in [5.74, 6) is 0. The molecule has 1 unspecified atom stereocenters. The van der Waals surface area contributed by atoms with Crippen LogP contribution in [0.3, 0.4) is 0 Å². The second-order valence-electron chi connectivity index (χ2n) is 8.53. The van der Waals surface area contributed by atoms with Crippen molar-refractivity contribution in [2.75, 3.05) is 39.5 Å². The van der Waals surface area contributed by atoms with Crippen molar-refractivity contribution in [3.63, 3.8) is 0 Å². The maximum absolute atomic E-state index is 6.23. The van der Waals surface area contributed by atoms with Gasteiger partial charge in [-0.15, -0.1) is 0 Å². The molecule has 32 heavy (non-hydrogen) atoms. The van der Waals surface area contributed by atoms with Gasteiger partial charge < -0.3 is 27.0 Å². The number of nitrogens with two attached hydrogens (primary N) is 2. The lowest BCUT2D eigenvalue weighted by atomic mass is 9.92. The third-order valence-corrected chi connectivity index (χ3v) is 5.75. The first-order valence-electron chi connectivity index (χ1n) is 11.1. The van der Waals surface area contributed by atoms with Gasteiger partial charge in [-0.2, -0.15) is 0 Å². The van der Waals surface area contributed by atoms with E-state index in [9.17, 15) is 0 Å². The number of nitrogens with zero attached hydrogens (tertiary/aromatic N) is 2. The Balaban J connectivity index is 1.95. The normalized spacial score (nSPS) is 18.3. The van der Waals surface area contributed by atoms with Crippen LogP contribution in [-0.2, 0) is 6.42 Å². The van der Waals surface area contributed by atoms with Crippen molar-refractivity contribution in [2.45, 2.75) is 25.8 Å². The van der Waals surface area contributed by atoms with Gasteiger partial charge in [0.15, 0.2) is 0 Å². The smallest absolute Gasteiger partial charge is 0.0605 e. The molecule has 3 rings (SSSR count). The zero-order valence-corrected chi connectivity index (χ0v) is 19.7. The standard InChI is InChI=1S/C26H36N6/c1-18(28)26-23-10-7-20(21(16-27)17-29-2)15-24(23)25(11-13-30-26)31-22-8-5-19(6-9-22)12-14-32(3)4/h5-10,15-17,25,30-31H,11-14,27-28H2,1-4H3/b21-16?,26-18-,29-17?. The SMILES string of the molecule is CN=CC(=CN)c1ccc2c(c1)C(Nc1ccc(CCN(C)C)cc1)CCN/C2=C(/C)N. The zero-order chi connectivity index (χ0) is 23.1. The Hall–Kier alpha value is -3.25. The number of aliphatic imine (C=N–C) groups is 1. The predicted molar refractivity (Wildman–Crippen MR) is 137 cm³/mol. The van der Waals surface area contributed by atoms with Crippen molar-refractivity contribution in [1.29, 1.82) is 0 Å². The molecule has 0 radical (unpaired) electrons. The number of likely N-dealkylation sites (N-methyl/N-ethyl adjacent to an activating group) is 1. The first kappa shape index (κ1) is 23.4. The summed E-state index contributed by atoms with van der Waals surface area (Å²) in [7, 11) is 5.96. The molecule has 6 N–H and O–H groups in total. The van der Waals surface area contributed by atoms with Crippen LogP contribution >= 0.6 is 0 Å². The van der Waals surface area contributed by atoms with Gasteiger partial charge in [0.2, 0.25) is 0 Å². The Kier molecular flexibility index (Phi) is 7.95. The minimum absolute atomic E-state index is 0.138. The van der Waals surface area contributed by atoms with E-state index >= 15 is 0 Å². The highest BCUT2D eigenvalue weighted by Crippen LogP contribution is 2.34. The molecule has 1 atom stereocenters. The Morgan fingerprint density at radius 3 is 2.59 bits per heavy atom. The number of hydrogen-bond acceptors (Lipinski definition) is 6. The molecule has 0 amide bonds. The minimum atomic E-state index is 0.138. The van der Waals surface area contributed by atoms with Crippen molar-refractivity contribution in [1.82, 2.24) is 10.2 Å². The Bertz CT molecular complexity index is 997. The van der Waals surface area contributed by atoms with E-state index in [-0.39, 0.29) is 6.04 Å². The van der Waals surface area contributed by atoms with Gasteiger partial charge in [-0.25, -0.2) is 0 Å². The van der Waals surface area contributed by atoms with Crippen LogP contribution in [0.25, 0.3) is 11.3 Å². The summed E-state index contributed by atoms with van der Waals surface area (Å²) >= 11 is 0. The molecule has 1 aliphatic rings. The highest BCUT2D eigenvalue weighted by molar-refractivity contribution is 6.09.